The highest BCUT2D eigenvalue weighted by molar-refractivity contribution is 6.33. The molecule has 0 bridgehead atoms. The van der Waals surface area contributed by atoms with Crippen LogP contribution in [0.15, 0.2) is 36.7 Å². The van der Waals surface area contributed by atoms with Gasteiger partial charge in [-0.2, -0.15) is 0 Å². The van der Waals surface area contributed by atoms with Gasteiger partial charge in [-0.15, -0.1) is 0 Å². The molecular formula is C26H32ClN5O2. The van der Waals surface area contributed by atoms with Gasteiger partial charge in [0, 0.05) is 49.9 Å². The number of aldehydes is 1. The number of carbonyl (C=O) groups excluding carboxylic acids is 1. The van der Waals surface area contributed by atoms with Gasteiger partial charge in [0.2, 0.25) is 0 Å². The van der Waals surface area contributed by atoms with Gasteiger partial charge >= 0.3 is 0 Å². The number of likely N-dealkylation sites (tertiary alicyclic amines) is 1. The maximum absolute atomic E-state index is 11.6. The fourth-order valence-corrected chi connectivity index (χ4v) is 5.23. The Morgan fingerprint density at radius 2 is 2.00 bits per heavy atom. The van der Waals surface area contributed by atoms with Crippen LogP contribution in [0, 0.1) is 16.2 Å². The summed E-state index contributed by atoms with van der Waals surface area (Å²) in [7, 11) is 3.86. The molecule has 0 radical (unpaired) electrons. The SMILES string of the molecule is CN(C)/C=C\c1c(OC2CC3(C2)CN(CCCc2ccn(C=N)c(=N)c2)C3)ccc(Cl)c1C=O. The third kappa shape index (κ3) is 5.26. The Morgan fingerprint density at radius 3 is 2.65 bits per heavy atom. The van der Waals surface area contributed by atoms with Crippen molar-refractivity contribution in [3.63, 3.8) is 0 Å². The van der Waals surface area contributed by atoms with E-state index in [-0.39, 0.29) is 6.10 Å². The second-order valence-corrected chi connectivity index (χ2v) is 10.1. The van der Waals surface area contributed by atoms with Gasteiger partial charge in [0.1, 0.15) is 11.2 Å². The van der Waals surface area contributed by atoms with Crippen LogP contribution >= 0.6 is 11.6 Å². The summed E-state index contributed by atoms with van der Waals surface area (Å²) in [5, 5.41) is 15.6. The third-order valence-electron chi connectivity index (χ3n) is 6.71. The Balaban J connectivity index is 1.26. The Hall–Kier alpha value is -2.90. The number of aromatic nitrogens is 1. The van der Waals surface area contributed by atoms with Crippen LogP contribution in [0.25, 0.3) is 6.08 Å². The van der Waals surface area contributed by atoms with E-state index in [2.05, 4.69) is 4.90 Å². The van der Waals surface area contributed by atoms with E-state index >= 15 is 0 Å². The summed E-state index contributed by atoms with van der Waals surface area (Å²) < 4.78 is 7.79. The number of rotatable bonds is 10. The van der Waals surface area contributed by atoms with Gasteiger partial charge in [0.25, 0.3) is 0 Å². The standard InChI is InChI=1S/C26H32ClN5O2/c1-30(2)10-8-21-22(15-33)23(27)5-6-24(21)34-20-13-26(14-20)16-31(17-26)9-3-4-19-7-11-32(18-28)25(29)12-19/h5-8,10-12,15,18,20,28-29H,3-4,9,13-14,16-17H2,1-2H3/b10-8-,28-18?,29-25?. The zero-order valence-electron chi connectivity index (χ0n) is 19.8. The number of nitrogens with one attached hydrogen (secondary N) is 2. The van der Waals surface area contributed by atoms with Crippen LogP contribution in [0.1, 0.15) is 40.7 Å². The molecule has 2 aliphatic rings. The van der Waals surface area contributed by atoms with Gasteiger partial charge in [-0.1, -0.05) is 11.6 Å². The molecule has 0 amide bonds. The van der Waals surface area contributed by atoms with E-state index in [0.717, 1.165) is 69.1 Å². The molecule has 2 fully saturated rings. The molecule has 4 rings (SSSR count). The lowest BCUT2D eigenvalue weighted by molar-refractivity contribution is -0.119. The number of aryl methyl sites for hydroxylation is 1. The number of halogens is 1. The molecule has 1 spiro atoms. The monoisotopic (exact) mass is 481 g/mol. The summed E-state index contributed by atoms with van der Waals surface area (Å²) in [6, 6.07) is 7.42. The van der Waals surface area contributed by atoms with Crippen molar-refractivity contribution >= 4 is 30.3 Å². The summed E-state index contributed by atoms with van der Waals surface area (Å²) in [5.41, 5.74) is 3.05. The predicted octanol–water partition coefficient (Wildman–Crippen LogP) is 3.90. The predicted molar refractivity (Wildman–Crippen MR) is 135 cm³/mol. The Kier molecular flexibility index (Phi) is 7.24. The summed E-state index contributed by atoms with van der Waals surface area (Å²) >= 11 is 6.24. The maximum Gasteiger partial charge on any atom is 0.152 e. The van der Waals surface area contributed by atoms with Gasteiger partial charge in [-0.05, 0) is 74.3 Å². The van der Waals surface area contributed by atoms with Gasteiger partial charge < -0.3 is 14.5 Å². The van der Waals surface area contributed by atoms with Crippen LogP contribution in [0.5, 0.6) is 5.75 Å². The van der Waals surface area contributed by atoms with Crippen molar-refractivity contribution in [1.82, 2.24) is 14.4 Å². The van der Waals surface area contributed by atoms with Crippen molar-refractivity contribution in [2.75, 3.05) is 33.7 Å². The molecule has 1 aromatic carbocycles. The zero-order chi connectivity index (χ0) is 24.3. The summed E-state index contributed by atoms with van der Waals surface area (Å²) in [5.74, 6) is 0.710. The first-order valence-electron chi connectivity index (χ1n) is 11.6. The Labute approximate surface area is 205 Å². The molecule has 8 heteroatoms. The zero-order valence-corrected chi connectivity index (χ0v) is 20.5. The average molecular weight is 482 g/mol. The summed E-state index contributed by atoms with van der Waals surface area (Å²) in [6.07, 6.45) is 11.7. The van der Waals surface area contributed by atoms with E-state index in [0.29, 0.717) is 27.2 Å². The van der Waals surface area contributed by atoms with E-state index in [9.17, 15) is 4.79 Å². The molecular weight excluding hydrogens is 450 g/mol. The highest BCUT2D eigenvalue weighted by atomic mass is 35.5. The number of nitrogens with zero attached hydrogens (tertiary/aromatic N) is 3. The number of hydrogen-bond acceptors (Lipinski definition) is 6. The molecule has 1 aromatic heterocycles. The van der Waals surface area contributed by atoms with Crippen molar-refractivity contribution in [2.24, 2.45) is 5.41 Å². The lowest BCUT2D eigenvalue weighted by atomic mass is 9.61. The highest BCUT2D eigenvalue weighted by Gasteiger charge is 2.53. The van der Waals surface area contributed by atoms with Crippen molar-refractivity contribution in [3.05, 3.63) is 63.9 Å². The van der Waals surface area contributed by atoms with Crippen molar-refractivity contribution in [3.8, 4) is 5.75 Å². The molecule has 2 N–H and O–H groups in total. The molecule has 0 atom stereocenters. The summed E-state index contributed by atoms with van der Waals surface area (Å²) in [6.45, 7) is 3.26. The number of hydrogen-bond donors (Lipinski definition) is 2. The molecule has 2 aromatic rings. The molecule has 7 nitrogen and oxygen atoms in total. The van der Waals surface area contributed by atoms with E-state index in [1.807, 2.05) is 49.5 Å². The maximum atomic E-state index is 11.6. The molecule has 1 aliphatic carbocycles. The van der Waals surface area contributed by atoms with Crippen LogP contribution in [0.4, 0.5) is 0 Å². The summed E-state index contributed by atoms with van der Waals surface area (Å²) in [4.78, 5) is 16.0. The average Bonchev–Trinajstić information content (AvgIpc) is 2.75. The van der Waals surface area contributed by atoms with Gasteiger partial charge in [0.15, 0.2) is 6.29 Å². The Bertz CT molecular complexity index is 1140. The van der Waals surface area contributed by atoms with Crippen LogP contribution in [0.3, 0.4) is 0 Å². The number of carbonyl (C=O) groups is 1. The Morgan fingerprint density at radius 1 is 1.24 bits per heavy atom. The molecule has 2 heterocycles. The first kappa shape index (κ1) is 24.2. The number of benzene rings is 1. The second kappa shape index (κ2) is 10.2. The lowest BCUT2D eigenvalue weighted by Crippen LogP contribution is -2.64. The molecule has 34 heavy (non-hydrogen) atoms. The van der Waals surface area contributed by atoms with Crippen molar-refractivity contribution in [2.45, 2.75) is 31.8 Å². The molecule has 180 valence electrons. The number of pyridine rings is 1. The topological polar surface area (TPSA) is 85.4 Å². The van der Waals surface area contributed by atoms with E-state index in [4.69, 9.17) is 27.2 Å². The van der Waals surface area contributed by atoms with Crippen LogP contribution in [0.2, 0.25) is 5.02 Å². The smallest absolute Gasteiger partial charge is 0.152 e. The van der Waals surface area contributed by atoms with Crippen LogP contribution < -0.4 is 10.2 Å². The fraction of sp³-hybridized carbons (Fsp3) is 0.423. The van der Waals surface area contributed by atoms with Gasteiger partial charge in [-0.25, -0.2) is 0 Å². The quantitative estimate of drug-likeness (QED) is 0.306. The molecule has 1 aliphatic heterocycles. The van der Waals surface area contributed by atoms with E-state index < -0.39 is 0 Å². The molecule has 1 saturated carbocycles. The van der Waals surface area contributed by atoms with E-state index in [1.165, 1.54) is 4.57 Å². The van der Waals surface area contributed by atoms with Crippen LogP contribution in [-0.4, -0.2) is 66.8 Å². The highest BCUT2D eigenvalue weighted by Crippen LogP contribution is 2.50. The first-order valence-corrected chi connectivity index (χ1v) is 12.0. The van der Waals surface area contributed by atoms with Gasteiger partial charge in [-0.3, -0.25) is 20.2 Å². The number of ether oxygens (including phenoxy) is 1. The minimum absolute atomic E-state index is 0.162. The third-order valence-corrected chi connectivity index (χ3v) is 7.04. The normalized spacial score (nSPS) is 17.4. The van der Waals surface area contributed by atoms with Gasteiger partial charge in [0.05, 0.1) is 17.5 Å². The van der Waals surface area contributed by atoms with Crippen LogP contribution in [-0.2, 0) is 6.42 Å². The van der Waals surface area contributed by atoms with Crippen molar-refractivity contribution in [1.29, 1.82) is 10.8 Å². The minimum atomic E-state index is 0.162. The molecule has 0 unspecified atom stereocenters. The largest absolute Gasteiger partial charge is 0.490 e. The molecule has 1 saturated heterocycles. The van der Waals surface area contributed by atoms with E-state index in [1.54, 1.807) is 12.3 Å². The fourth-order valence-electron chi connectivity index (χ4n) is 5.03. The minimum Gasteiger partial charge on any atom is -0.490 e. The second-order valence-electron chi connectivity index (χ2n) is 9.69. The first-order chi connectivity index (χ1) is 16.3. The lowest BCUT2D eigenvalue weighted by Gasteiger charge is -2.58. The van der Waals surface area contributed by atoms with Crippen molar-refractivity contribution < 1.29 is 9.53 Å².